The Morgan fingerprint density at radius 2 is 1.89 bits per heavy atom. The van der Waals surface area contributed by atoms with Crippen molar-refractivity contribution in [3.63, 3.8) is 0 Å². The summed E-state index contributed by atoms with van der Waals surface area (Å²) in [5.41, 5.74) is 2.77. The third-order valence-corrected chi connectivity index (χ3v) is 4.07. The van der Waals surface area contributed by atoms with Crippen molar-refractivity contribution in [1.82, 2.24) is 19.9 Å². The minimum atomic E-state index is -0.652. The average molecular weight is 371 g/mol. The molecule has 0 unspecified atom stereocenters. The Balaban J connectivity index is 1.54. The van der Waals surface area contributed by atoms with Crippen LogP contribution in [0.2, 0.25) is 0 Å². The molecule has 0 saturated carbocycles. The monoisotopic (exact) mass is 371 g/mol. The van der Waals surface area contributed by atoms with Gasteiger partial charge in [0, 0.05) is 12.4 Å². The van der Waals surface area contributed by atoms with E-state index in [-0.39, 0.29) is 17.0 Å². The summed E-state index contributed by atoms with van der Waals surface area (Å²) in [7, 11) is 0. The smallest absolute Gasteiger partial charge is 0.338 e. The fourth-order valence-electron chi connectivity index (χ4n) is 2.71. The van der Waals surface area contributed by atoms with Gasteiger partial charge in [0.15, 0.2) is 11.6 Å². The van der Waals surface area contributed by atoms with Crippen molar-refractivity contribution in [2.45, 2.75) is 0 Å². The second-order valence-corrected chi connectivity index (χ2v) is 5.87. The molecular weight excluding hydrogens is 358 g/mol. The number of nitrogens with zero attached hydrogens (tertiary/aromatic N) is 4. The Kier molecular flexibility index (Phi) is 4.40. The maximum Gasteiger partial charge on any atom is 0.338 e. The molecule has 0 saturated heterocycles. The summed E-state index contributed by atoms with van der Waals surface area (Å²) in [4.78, 5) is 27.8. The quantitative estimate of drug-likeness (QED) is 0.321. The molecule has 28 heavy (non-hydrogen) atoms. The van der Waals surface area contributed by atoms with E-state index in [9.17, 15) is 15.2 Å². The zero-order valence-electron chi connectivity index (χ0n) is 14.5. The first kappa shape index (κ1) is 17.2. The van der Waals surface area contributed by atoms with Gasteiger partial charge in [-0.2, -0.15) is 5.26 Å². The maximum absolute atomic E-state index is 12.3. The number of nitrogens with one attached hydrogen (secondary N) is 1. The minimum absolute atomic E-state index is 0.0895. The largest absolute Gasteiger partial charge is 0.507 e. The Hall–Kier alpha value is -4.25. The zero-order chi connectivity index (χ0) is 19.5. The molecule has 8 nitrogen and oxygen atoms in total. The molecule has 0 spiro atoms. The van der Waals surface area contributed by atoms with Crippen LogP contribution in [-0.4, -0.2) is 37.6 Å². The molecule has 0 atom stereocenters. The molecule has 0 aliphatic rings. The standard InChI is InChI=1S/C20H13N5O3/c21-10-13(19-24-15-3-1-2-4-16(15)25-19)18(26)11-28-20(27)12-5-6-14-17(9-12)23-8-7-22-14/h1-9,26H,11H2,(H,24,25)/b18-13-. The molecule has 2 aromatic heterocycles. The minimum Gasteiger partial charge on any atom is -0.507 e. The van der Waals surface area contributed by atoms with Crippen molar-refractivity contribution in [3.05, 3.63) is 72.0 Å². The van der Waals surface area contributed by atoms with E-state index in [0.717, 1.165) is 5.52 Å². The molecule has 0 radical (unpaired) electrons. The fourth-order valence-corrected chi connectivity index (χ4v) is 2.71. The Labute approximate surface area is 158 Å². The number of hydrogen-bond donors (Lipinski definition) is 2. The lowest BCUT2D eigenvalue weighted by atomic mass is 10.2. The number of rotatable bonds is 4. The number of para-hydroxylation sites is 2. The highest BCUT2D eigenvalue weighted by Gasteiger charge is 2.16. The number of imidazole rings is 1. The van der Waals surface area contributed by atoms with Gasteiger partial charge in [-0.05, 0) is 30.3 Å². The molecule has 0 fully saturated rings. The molecule has 4 aromatic rings. The molecule has 2 heterocycles. The van der Waals surface area contributed by atoms with Crippen LogP contribution in [0.4, 0.5) is 0 Å². The van der Waals surface area contributed by atoms with E-state index in [0.29, 0.717) is 16.6 Å². The van der Waals surface area contributed by atoms with Crippen LogP contribution >= 0.6 is 0 Å². The van der Waals surface area contributed by atoms with Crippen LogP contribution in [0.1, 0.15) is 16.2 Å². The van der Waals surface area contributed by atoms with E-state index >= 15 is 0 Å². The normalized spacial score (nSPS) is 11.8. The van der Waals surface area contributed by atoms with Gasteiger partial charge >= 0.3 is 5.97 Å². The second kappa shape index (κ2) is 7.17. The molecule has 0 bridgehead atoms. The highest BCUT2D eigenvalue weighted by Crippen LogP contribution is 2.19. The van der Waals surface area contributed by atoms with E-state index in [4.69, 9.17) is 4.74 Å². The number of aliphatic hydroxyl groups excluding tert-OH is 1. The van der Waals surface area contributed by atoms with Crippen molar-refractivity contribution in [2.24, 2.45) is 0 Å². The van der Waals surface area contributed by atoms with Crippen molar-refractivity contribution in [1.29, 1.82) is 5.26 Å². The van der Waals surface area contributed by atoms with E-state index in [1.165, 1.54) is 6.20 Å². The predicted molar refractivity (Wildman–Crippen MR) is 101 cm³/mol. The number of fused-ring (bicyclic) bond motifs is 2. The number of esters is 1. The number of hydrogen-bond acceptors (Lipinski definition) is 7. The van der Waals surface area contributed by atoms with Gasteiger partial charge in [-0.15, -0.1) is 0 Å². The Morgan fingerprint density at radius 1 is 1.11 bits per heavy atom. The summed E-state index contributed by atoms with van der Waals surface area (Å²) < 4.78 is 5.13. The number of H-pyrrole nitrogens is 1. The Bertz CT molecular complexity index is 1240. The second-order valence-electron chi connectivity index (χ2n) is 5.87. The summed E-state index contributed by atoms with van der Waals surface area (Å²) in [5, 5.41) is 19.6. The van der Waals surface area contributed by atoms with Crippen LogP contribution in [0.3, 0.4) is 0 Å². The maximum atomic E-state index is 12.3. The topological polar surface area (TPSA) is 125 Å². The molecule has 136 valence electrons. The molecule has 2 aromatic carbocycles. The number of aliphatic hydroxyl groups is 1. The third-order valence-electron chi connectivity index (χ3n) is 4.07. The van der Waals surface area contributed by atoms with Gasteiger partial charge in [0.2, 0.25) is 0 Å². The van der Waals surface area contributed by atoms with E-state index < -0.39 is 18.3 Å². The molecule has 0 amide bonds. The lowest BCUT2D eigenvalue weighted by molar-refractivity contribution is 0.0503. The lowest BCUT2D eigenvalue weighted by Gasteiger charge is -2.06. The van der Waals surface area contributed by atoms with E-state index in [1.54, 1.807) is 36.5 Å². The highest BCUT2D eigenvalue weighted by atomic mass is 16.5. The zero-order valence-corrected chi connectivity index (χ0v) is 14.5. The number of benzene rings is 2. The van der Waals surface area contributed by atoms with Gasteiger partial charge < -0.3 is 14.8 Å². The first-order valence-electron chi connectivity index (χ1n) is 8.31. The third kappa shape index (κ3) is 3.24. The van der Waals surface area contributed by atoms with Gasteiger partial charge in [0.1, 0.15) is 18.2 Å². The summed E-state index contributed by atoms with van der Waals surface area (Å²) >= 11 is 0. The number of allylic oxidation sites excluding steroid dienone is 1. The average Bonchev–Trinajstić information content (AvgIpc) is 3.15. The summed E-state index contributed by atoms with van der Waals surface area (Å²) in [6.45, 7) is -0.461. The van der Waals surface area contributed by atoms with Gasteiger partial charge in [-0.1, -0.05) is 12.1 Å². The van der Waals surface area contributed by atoms with Gasteiger partial charge in [0.25, 0.3) is 0 Å². The highest BCUT2D eigenvalue weighted by molar-refractivity contribution is 5.93. The number of nitriles is 1. The van der Waals surface area contributed by atoms with Crippen molar-refractivity contribution >= 4 is 33.6 Å². The van der Waals surface area contributed by atoms with Crippen LogP contribution in [0.15, 0.2) is 60.6 Å². The molecule has 4 rings (SSSR count). The van der Waals surface area contributed by atoms with E-state index in [1.807, 2.05) is 18.2 Å². The summed E-state index contributed by atoms with van der Waals surface area (Å²) in [5.74, 6) is -0.838. The first-order valence-corrected chi connectivity index (χ1v) is 8.31. The predicted octanol–water partition coefficient (Wildman–Crippen LogP) is 3.16. The molecule has 0 aliphatic heterocycles. The van der Waals surface area contributed by atoms with Crippen molar-refractivity contribution in [2.75, 3.05) is 6.61 Å². The summed E-state index contributed by atoms with van der Waals surface area (Å²) in [6.07, 6.45) is 3.09. The SMILES string of the molecule is N#C/C(=C(/O)COC(=O)c1ccc2nccnc2c1)c1nc2ccccc2[nH]1. The van der Waals surface area contributed by atoms with Gasteiger partial charge in [-0.3, -0.25) is 9.97 Å². The lowest BCUT2D eigenvalue weighted by Crippen LogP contribution is -2.09. The van der Waals surface area contributed by atoms with Crippen molar-refractivity contribution in [3.8, 4) is 6.07 Å². The van der Waals surface area contributed by atoms with Crippen LogP contribution in [0, 0.1) is 11.3 Å². The molecule has 8 heteroatoms. The Morgan fingerprint density at radius 3 is 2.68 bits per heavy atom. The van der Waals surface area contributed by atoms with Gasteiger partial charge in [0.05, 0.1) is 27.6 Å². The van der Waals surface area contributed by atoms with Gasteiger partial charge in [-0.25, -0.2) is 9.78 Å². The molecular formula is C20H13N5O3. The number of carbonyl (C=O) groups is 1. The number of ether oxygens (including phenoxy) is 1. The van der Waals surface area contributed by atoms with E-state index in [2.05, 4.69) is 19.9 Å². The molecule has 2 N–H and O–H groups in total. The van der Waals surface area contributed by atoms with Crippen LogP contribution < -0.4 is 0 Å². The molecule has 0 aliphatic carbocycles. The fraction of sp³-hybridized carbons (Fsp3) is 0.0500. The number of aromatic nitrogens is 4. The van der Waals surface area contributed by atoms with Crippen LogP contribution in [0.25, 0.3) is 27.6 Å². The number of aromatic amines is 1. The number of carbonyl (C=O) groups excluding carboxylic acids is 1. The summed E-state index contributed by atoms with van der Waals surface area (Å²) in [6, 6.07) is 13.9. The van der Waals surface area contributed by atoms with Crippen LogP contribution in [0.5, 0.6) is 0 Å². The van der Waals surface area contributed by atoms with Crippen molar-refractivity contribution < 1.29 is 14.6 Å². The first-order chi connectivity index (χ1) is 13.7. The van der Waals surface area contributed by atoms with Crippen LogP contribution in [-0.2, 0) is 4.74 Å².